The van der Waals surface area contributed by atoms with Crippen molar-refractivity contribution in [3.8, 4) is 5.75 Å². The summed E-state index contributed by atoms with van der Waals surface area (Å²) in [4.78, 5) is 29.7. The molecule has 1 unspecified atom stereocenters. The van der Waals surface area contributed by atoms with Crippen molar-refractivity contribution in [1.82, 2.24) is 9.80 Å². The first-order valence-electron chi connectivity index (χ1n) is 11.3. The molecule has 1 N–H and O–H groups in total. The molecule has 1 atom stereocenters. The van der Waals surface area contributed by atoms with Crippen LogP contribution in [0.15, 0.2) is 48.0 Å². The molecule has 0 spiro atoms. The fraction of sp³-hybridized carbons (Fsp3) is 0.385. The fourth-order valence-corrected chi connectivity index (χ4v) is 4.16. The summed E-state index contributed by atoms with van der Waals surface area (Å²) in [6.45, 7) is 10.8. The number of Topliss-reactive ketones (excluding diaryl/α,β-unsaturated/α-hetero) is 1. The van der Waals surface area contributed by atoms with Gasteiger partial charge >= 0.3 is 0 Å². The van der Waals surface area contributed by atoms with Crippen LogP contribution in [0.25, 0.3) is 5.76 Å². The van der Waals surface area contributed by atoms with E-state index in [1.165, 1.54) is 17.0 Å². The number of halogens is 1. The predicted molar refractivity (Wildman–Crippen MR) is 126 cm³/mol. The van der Waals surface area contributed by atoms with Crippen molar-refractivity contribution in [3.63, 3.8) is 0 Å². The topological polar surface area (TPSA) is 70.1 Å². The average molecular weight is 455 g/mol. The number of amides is 1. The lowest BCUT2D eigenvalue weighted by molar-refractivity contribution is -0.140. The van der Waals surface area contributed by atoms with E-state index in [4.69, 9.17) is 4.74 Å². The van der Waals surface area contributed by atoms with Crippen LogP contribution in [-0.4, -0.2) is 59.4 Å². The first-order chi connectivity index (χ1) is 15.8. The van der Waals surface area contributed by atoms with Gasteiger partial charge in [0.1, 0.15) is 17.3 Å². The van der Waals surface area contributed by atoms with Crippen LogP contribution >= 0.6 is 0 Å². The van der Waals surface area contributed by atoms with E-state index in [2.05, 4.69) is 4.90 Å². The zero-order valence-electron chi connectivity index (χ0n) is 19.6. The van der Waals surface area contributed by atoms with Gasteiger partial charge < -0.3 is 19.6 Å². The highest BCUT2D eigenvalue weighted by Crippen LogP contribution is 2.39. The Balaban J connectivity index is 2.09. The van der Waals surface area contributed by atoms with Crippen LogP contribution in [0.1, 0.15) is 43.5 Å². The fourth-order valence-electron chi connectivity index (χ4n) is 4.16. The molecule has 1 heterocycles. The van der Waals surface area contributed by atoms with E-state index < -0.39 is 23.5 Å². The van der Waals surface area contributed by atoms with Crippen molar-refractivity contribution >= 4 is 17.4 Å². The molecule has 1 aliphatic heterocycles. The van der Waals surface area contributed by atoms with Crippen LogP contribution in [-0.2, 0) is 9.59 Å². The van der Waals surface area contributed by atoms with Crippen molar-refractivity contribution in [2.45, 2.75) is 33.7 Å². The summed E-state index contributed by atoms with van der Waals surface area (Å²) in [5, 5.41) is 11.2. The number of likely N-dealkylation sites (N-methyl/N-ethyl adjacent to an activating group) is 1. The van der Waals surface area contributed by atoms with Crippen LogP contribution in [0, 0.1) is 12.7 Å². The number of benzene rings is 2. The summed E-state index contributed by atoms with van der Waals surface area (Å²) in [5.74, 6) is -1.39. The van der Waals surface area contributed by atoms with Crippen LogP contribution in [0.3, 0.4) is 0 Å². The smallest absolute Gasteiger partial charge is 0.295 e. The summed E-state index contributed by atoms with van der Waals surface area (Å²) in [7, 11) is 0. The molecule has 2 aromatic carbocycles. The number of nitrogens with zero attached hydrogens (tertiary/aromatic N) is 2. The number of aliphatic hydroxyl groups is 1. The van der Waals surface area contributed by atoms with Gasteiger partial charge in [0.2, 0.25) is 0 Å². The van der Waals surface area contributed by atoms with E-state index in [-0.39, 0.29) is 11.3 Å². The van der Waals surface area contributed by atoms with Gasteiger partial charge in [-0.05, 0) is 68.4 Å². The van der Waals surface area contributed by atoms with Gasteiger partial charge in [-0.1, -0.05) is 26.0 Å². The zero-order valence-corrected chi connectivity index (χ0v) is 19.6. The van der Waals surface area contributed by atoms with E-state index in [1.54, 1.807) is 30.3 Å². The number of ether oxygens (including phenoxy) is 1. The largest absolute Gasteiger partial charge is 0.507 e. The molecule has 0 saturated carbocycles. The SMILES string of the molecule is CCOc1ccc(/C(O)=C2/C(=O)C(=O)N(CCN(CC)CC)C2c2ccc(F)cc2)cc1C. The van der Waals surface area contributed by atoms with Gasteiger partial charge in [-0.2, -0.15) is 0 Å². The van der Waals surface area contributed by atoms with Gasteiger partial charge in [0, 0.05) is 18.7 Å². The van der Waals surface area contributed by atoms with Gasteiger partial charge in [-0.3, -0.25) is 9.59 Å². The summed E-state index contributed by atoms with van der Waals surface area (Å²) in [6.07, 6.45) is 0. The van der Waals surface area contributed by atoms with Crippen molar-refractivity contribution in [2.24, 2.45) is 0 Å². The Morgan fingerprint density at radius 3 is 2.33 bits per heavy atom. The normalized spacial score (nSPS) is 17.8. The van der Waals surface area contributed by atoms with Crippen LogP contribution in [0.2, 0.25) is 0 Å². The van der Waals surface area contributed by atoms with Gasteiger partial charge in [0.15, 0.2) is 0 Å². The molecular weight excluding hydrogens is 423 g/mol. The molecule has 0 bridgehead atoms. The highest BCUT2D eigenvalue weighted by atomic mass is 19.1. The molecule has 1 amide bonds. The molecule has 1 saturated heterocycles. The molecule has 0 aromatic heterocycles. The van der Waals surface area contributed by atoms with Crippen molar-refractivity contribution in [2.75, 3.05) is 32.8 Å². The first-order valence-corrected chi connectivity index (χ1v) is 11.3. The minimum absolute atomic E-state index is 0.00900. The highest BCUT2D eigenvalue weighted by Gasteiger charge is 2.46. The number of carbonyl (C=O) groups is 2. The minimum Gasteiger partial charge on any atom is -0.507 e. The Hall–Kier alpha value is -3.19. The number of hydrogen-bond acceptors (Lipinski definition) is 5. The van der Waals surface area contributed by atoms with E-state index in [9.17, 15) is 19.1 Å². The maximum atomic E-state index is 13.6. The summed E-state index contributed by atoms with van der Waals surface area (Å²) in [6, 6.07) is 10.0. The molecule has 1 aliphatic rings. The molecule has 176 valence electrons. The first kappa shape index (κ1) is 24.5. The maximum absolute atomic E-state index is 13.6. The molecule has 0 radical (unpaired) electrons. The van der Waals surface area contributed by atoms with Crippen LogP contribution in [0.4, 0.5) is 4.39 Å². The summed E-state index contributed by atoms with van der Waals surface area (Å²) >= 11 is 0. The molecule has 0 aliphatic carbocycles. The molecule has 1 fully saturated rings. The lowest BCUT2D eigenvalue weighted by atomic mass is 9.94. The average Bonchev–Trinajstić information content (AvgIpc) is 3.06. The number of aryl methyl sites for hydroxylation is 1. The van der Waals surface area contributed by atoms with Crippen LogP contribution in [0.5, 0.6) is 5.75 Å². The van der Waals surface area contributed by atoms with Gasteiger partial charge in [0.25, 0.3) is 11.7 Å². The predicted octanol–water partition coefficient (Wildman–Crippen LogP) is 4.30. The van der Waals surface area contributed by atoms with Gasteiger partial charge in [-0.25, -0.2) is 4.39 Å². The van der Waals surface area contributed by atoms with E-state index in [0.29, 0.717) is 36.6 Å². The molecule has 33 heavy (non-hydrogen) atoms. The van der Waals surface area contributed by atoms with E-state index in [0.717, 1.165) is 18.7 Å². The standard InChI is InChI=1S/C26H31FN2O4/c1-5-28(6-2)14-15-29-23(18-8-11-20(27)12-9-18)22(25(31)26(29)32)24(30)19-10-13-21(33-7-3)17(4)16-19/h8-13,16,23,30H,5-7,14-15H2,1-4H3/b24-22-. The number of carbonyl (C=O) groups excluding carboxylic acids is 2. The van der Waals surface area contributed by atoms with Gasteiger partial charge in [-0.15, -0.1) is 0 Å². The number of rotatable bonds is 9. The molecule has 6 nitrogen and oxygen atoms in total. The lowest BCUT2D eigenvalue weighted by Gasteiger charge is -2.28. The third-order valence-electron chi connectivity index (χ3n) is 6.03. The number of hydrogen-bond donors (Lipinski definition) is 1. The van der Waals surface area contributed by atoms with Crippen LogP contribution < -0.4 is 4.74 Å². The third kappa shape index (κ3) is 5.09. The summed E-state index contributed by atoms with van der Waals surface area (Å²) < 4.78 is 19.2. The minimum atomic E-state index is -0.798. The Morgan fingerprint density at radius 1 is 1.09 bits per heavy atom. The van der Waals surface area contributed by atoms with Crippen molar-refractivity contribution < 1.29 is 23.8 Å². The van der Waals surface area contributed by atoms with E-state index in [1.807, 2.05) is 27.7 Å². The monoisotopic (exact) mass is 454 g/mol. The second kappa shape index (κ2) is 10.6. The Bertz CT molecular complexity index is 1040. The molecule has 7 heteroatoms. The lowest BCUT2D eigenvalue weighted by Crippen LogP contribution is -2.38. The van der Waals surface area contributed by atoms with Crippen molar-refractivity contribution in [3.05, 3.63) is 70.5 Å². The van der Waals surface area contributed by atoms with E-state index >= 15 is 0 Å². The Labute approximate surface area is 194 Å². The third-order valence-corrected chi connectivity index (χ3v) is 6.03. The molecule has 3 rings (SSSR count). The number of likely N-dealkylation sites (tertiary alicyclic amines) is 1. The second-order valence-corrected chi connectivity index (χ2v) is 7.98. The van der Waals surface area contributed by atoms with Gasteiger partial charge in [0.05, 0.1) is 18.2 Å². The van der Waals surface area contributed by atoms with Crippen molar-refractivity contribution in [1.29, 1.82) is 0 Å². The summed E-state index contributed by atoms with van der Waals surface area (Å²) in [5.41, 5.74) is 1.80. The Kier molecular flexibility index (Phi) is 7.87. The number of ketones is 1. The highest BCUT2D eigenvalue weighted by molar-refractivity contribution is 6.46. The quantitative estimate of drug-likeness (QED) is 0.348. The Morgan fingerprint density at radius 2 is 1.76 bits per heavy atom. The zero-order chi connectivity index (χ0) is 24.1. The number of aliphatic hydroxyl groups excluding tert-OH is 1. The maximum Gasteiger partial charge on any atom is 0.295 e. The second-order valence-electron chi connectivity index (χ2n) is 7.98. The molecule has 2 aromatic rings. The molecular formula is C26H31FN2O4.